The van der Waals surface area contributed by atoms with Gasteiger partial charge in [-0.2, -0.15) is 5.10 Å². The Bertz CT molecular complexity index is 566. The van der Waals surface area contributed by atoms with E-state index in [1.165, 1.54) is 18.3 Å². The van der Waals surface area contributed by atoms with E-state index >= 15 is 0 Å². The fourth-order valence-corrected chi connectivity index (χ4v) is 2.34. The fourth-order valence-electron chi connectivity index (χ4n) is 2.01. The van der Waals surface area contributed by atoms with Gasteiger partial charge in [0.2, 0.25) is 0 Å². The standard InChI is InChI=1S/C13H15ClFN3O/c1-3-6-18-12(10(14)8-17-18)13(2,19)11-5-4-9(15)7-16-11/h4-5,7-8,19H,3,6H2,1-2H3. The Hall–Kier alpha value is -1.46. The molecule has 2 aromatic rings. The van der Waals surface area contributed by atoms with E-state index in [0.717, 1.165) is 12.6 Å². The van der Waals surface area contributed by atoms with Crippen molar-refractivity contribution < 1.29 is 9.50 Å². The molecule has 0 radical (unpaired) electrons. The largest absolute Gasteiger partial charge is 0.377 e. The Labute approximate surface area is 115 Å². The normalized spacial score (nSPS) is 14.4. The Balaban J connectivity index is 2.49. The smallest absolute Gasteiger partial charge is 0.147 e. The molecule has 0 spiro atoms. The van der Waals surface area contributed by atoms with Gasteiger partial charge < -0.3 is 5.11 Å². The van der Waals surface area contributed by atoms with E-state index in [-0.39, 0.29) is 0 Å². The van der Waals surface area contributed by atoms with Crippen molar-refractivity contribution in [2.24, 2.45) is 0 Å². The van der Waals surface area contributed by atoms with Gasteiger partial charge in [0, 0.05) is 6.54 Å². The molecular formula is C13H15ClFN3O. The van der Waals surface area contributed by atoms with Crippen LogP contribution in [0.2, 0.25) is 5.02 Å². The lowest BCUT2D eigenvalue weighted by atomic mass is 9.97. The molecule has 0 saturated carbocycles. The van der Waals surface area contributed by atoms with Gasteiger partial charge >= 0.3 is 0 Å². The number of hydrogen-bond donors (Lipinski definition) is 1. The molecule has 0 aliphatic carbocycles. The molecule has 0 aliphatic heterocycles. The summed E-state index contributed by atoms with van der Waals surface area (Å²) in [6, 6.07) is 2.69. The number of aliphatic hydroxyl groups is 1. The lowest BCUT2D eigenvalue weighted by molar-refractivity contribution is 0.0867. The van der Waals surface area contributed by atoms with Crippen LogP contribution in [0.1, 0.15) is 31.7 Å². The third kappa shape index (κ3) is 2.62. The Morgan fingerprint density at radius 3 is 2.74 bits per heavy atom. The summed E-state index contributed by atoms with van der Waals surface area (Å²) in [6.07, 6.45) is 3.42. The maximum absolute atomic E-state index is 12.9. The zero-order valence-electron chi connectivity index (χ0n) is 10.8. The third-order valence-electron chi connectivity index (χ3n) is 2.92. The molecule has 0 amide bonds. The highest BCUT2D eigenvalue weighted by molar-refractivity contribution is 6.31. The SMILES string of the molecule is CCCn1ncc(Cl)c1C(C)(O)c1ccc(F)cn1. The van der Waals surface area contributed by atoms with Crippen molar-refractivity contribution in [1.29, 1.82) is 0 Å². The first-order valence-corrected chi connectivity index (χ1v) is 6.40. The zero-order chi connectivity index (χ0) is 14.0. The van der Waals surface area contributed by atoms with Crippen molar-refractivity contribution >= 4 is 11.6 Å². The van der Waals surface area contributed by atoms with Crippen molar-refractivity contribution in [3.8, 4) is 0 Å². The van der Waals surface area contributed by atoms with E-state index in [9.17, 15) is 9.50 Å². The quantitative estimate of drug-likeness (QED) is 0.939. The summed E-state index contributed by atoms with van der Waals surface area (Å²) in [7, 11) is 0. The van der Waals surface area contributed by atoms with E-state index < -0.39 is 11.4 Å². The van der Waals surface area contributed by atoms with Gasteiger partial charge in [0.15, 0.2) is 0 Å². The second-order valence-corrected chi connectivity index (χ2v) is 4.91. The zero-order valence-corrected chi connectivity index (χ0v) is 11.5. The molecule has 0 aliphatic rings. The number of aromatic nitrogens is 3. The summed E-state index contributed by atoms with van der Waals surface area (Å²) >= 11 is 6.10. The molecular weight excluding hydrogens is 269 g/mol. The summed E-state index contributed by atoms with van der Waals surface area (Å²) in [5.74, 6) is -0.451. The van der Waals surface area contributed by atoms with Crippen LogP contribution in [0.15, 0.2) is 24.5 Å². The average Bonchev–Trinajstić information content (AvgIpc) is 2.72. The van der Waals surface area contributed by atoms with Crippen LogP contribution in [-0.4, -0.2) is 19.9 Å². The minimum Gasteiger partial charge on any atom is -0.377 e. The summed E-state index contributed by atoms with van der Waals surface area (Å²) in [6.45, 7) is 4.21. The monoisotopic (exact) mass is 283 g/mol. The molecule has 2 aromatic heterocycles. The highest BCUT2D eigenvalue weighted by Crippen LogP contribution is 2.32. The Morgan fingerprint density at radius 1 is 1.42 bits per heavy atom. The molecule has 2 heterocycles. The number of nitrogens with zero attached hydrogens (tertiary/aromatic N) is 3. The second-order valence-electron chi connectivity index (χ2n) is 4.50. The molecule has 102 valence electrons. The number of pyridine rings is 1. The van der Waals surface area contributed by atoms with E-state index in [1.54, 1.807) is 11.6 Å². The molecule has 0 bridgehead atoms. The van der Waals surface area contributed by atoms with Crippen LogP contribution >= 0.6 is 11.6 Å². The van der Waals surface area contributed by atoms with Gasteiger partial charge in [-0.15, -0.1) is 0 Å². The van der Waals surface area contributed by atoms with Crippen LogP contribution in [0.4, 0.5) is 4.39 Å². The van der Waals surface area contributed by atoms with Gasteiger partial charge in [-0.25, -0.2) is 4.39 Å². The summed E-state index contributed by atoms with van der Waals surface area (Å²) < 4.78 is 14.6. The van der Waals surface area contributed by atoms with E-state index in [4.69, 9.17) is 11.6 Å². The minimum atomic E-state index is -1.42. The van der Waals surface area contributed by atoms with Crippen LogP contribution in [0.25, 0.3) is 0 Å². The molecule has 19 heavy (non-hydrogen) atoms. The van der Waals surface area contributed by atoms with Crippen LogP contribution in [0.3, 0.4) is 0 Å². The second kappa shape index (κ2) is 5.27. The predicted octanol–water partition coefficient (Wildman–Crippen LogP) is 2.74. The topological polar surface area (TPSA) is 50.9 Å². The average molecular weight is 284 g/mol. The van der Waals surface area contributed by atoms with Gasteiger partial charge in [-0.05, 0) is 25.5 Å². The molecule has 2 rings (SSSR count). The van der Waals surface area contributed by atoms with Crippen LogP contribution in [-0.2, 0) is 12.1 Å². The van der Waals surface area contributed by atoms with Crippen molar-refractivity contribution in [3.05, 3.63) is 46.8 Å². The van der Waals surface area contributed by atoms with Crippen LogP contribution in [0.5, 0.6) is 0 Å². The molecule has 1 atom stereocenters. The van der Waals surface area contributed by atoms with Crippen LogP contribution in [0, 0.1) is 5.82 Å². The molecule has 1 unspecified atom stereocenters. The number of hydrogen-bond acceptors (Lipinski definition) is 3. The molecule has 1 N–H and O–H groups in total. The molecule has 0 saturated heterocycles. The minimum absolute atomic E-state index is 0.327. The summed E-state index contributed by atoms with van der Waals surface area (Å²) in [5, 5.41) is 15.2. The van der Waals surface area contributed by atoms with Gasteiger partial charge in [0.1, 0.15) is 11.4 Å². The van der Waals surface area contributed by atoms with Crippen molar-refractivity contribution in [3.63, 3.8) is 0 Å². The van der Waals surface area contributed by atoms with Crippen molar-refractivity contribution in [2.45, 2.75) is 32.4 Å². The Morgan fingerprint density at radius 2 is 2.16 bits per heavy atom. The molecule has 0 aromatic carbocycles. The fraction of sp³-hybridized carbons (Fsp3) is 0.385. The van der Waals surface area contributed by atoms with Gasteiger partial charge in [-0.1, -0.05) is 18.5 Å². The van der Waals surface area contributed by atoms with E-state index in [2.05, 4.69) is 10.1 Å². The van der Waals surface area contributed by atoms with Crippen molar-refractivity contribution in [2.75, 3.05) is 0 Å². The highest BCUT2D eigenvalue weighted by atomic mass is 35.5. The first kappa shape index (κ1) is 14.0. The number of aryl methyl sites for hydroxylation is 1. The number of rotatable bonds is 4. The first-order chi connectivity index (χ1) is 8.96. The van der Waals surface area contributed by atoms with E-state index in [1.807, 2.05) is 6.92 Å². The lowest BCUT2D eigenvalue weighted by Gasteiger charge is -2.24. The summed E-state index contributed by atoms with van der Waals surface area (Å²) in [4.78, 5) is 3.92. The lowest BCUT2D eigenvalue weighted by Crippen LogP contribution is -2.28. The first-order valence-electron chi connectivity index (χ1n) is 6.03. The maximum atomic E-state index is 12.9. The number of halogens is 2. The Kier molecular flexibility index (Phi) is 3.87. The van der Waals surface area contributed by atoms with E-state index in [0.29, 0.717) is 23.0 Å². The molecule has 0 fully saturated rings. The highest BCUT2D eigenvalue weighted by Gasteiger charge is 2.33. The molecule has 4 nitrogen and oxygen atoms in total. The van der Waals surface area contributed by atoms with Crippen molar-refractivity contribution in [1.82, 2.24) is 14.8 Å². The molecule has 6 heteroatoms. The van der Waals surface area contributed by atoms with Crippen LogP contribution < -0.4 is 0 Å². The predicted molar refractivity (Wildman–Crippen MR) is 70.4 cm³/mol. The van der Waals surface area contributed by atoms with Gasteiger partial charge in [0.05, 0.1) is 28.8 Å². The third-order valence-corrected chi connectivity index (χ3v) is 3.19. The summed E-state index contributed by atoms with van der Waals surface area (Å²) in [5.41, 5.74) is -0.625. The van der Waals surface area contributed by atoms with Gasteiger partial charge in [-0.3, -0.25) is 9.67 Å². The maximum Gasteiger partial charge on any atom is 0.147 e. The van der Waals surface area contributed by atoms with Gasteiger partial charge in [0.25, 0.3) is 0 Å².